The Labute approximate surface area is 118 Å². The van der Waals surface area contributed by atoms with E-state index in [2.05, 4.69) is 49.5 Å². The molecule has 0 unspecified atom stereocenters. The Bertz CT molecular complexity index is 815. The summed E-state index contributed by atoms with van der Waals surface area (Å²) >= 11 is 0. The Balaban J connectivity index is 2.42. The molecule has 3 rings (SSSR count). The highest BCUT2D eigenvalue weighted by atomic mass is 16.3. The second-order valence-corrected chi connectivity index (χ2v) is 5.48. The smallest absolute Gasteiger partial charge is 0.242 e. The van der Waals surface area contributed by atoms with Crippen LogP contribution in [-0.2, 0) is 7.05 Å². The number of aryl methyl sites for hydroxylation is 4. The number of oxazole rings is 1. The Morgan fingerprint density at radius 3 is 2.60 bits per heavy atom. The first-order valence-corrected chi connectivity index (χ1v) is 6.81. The molecule has 1 aromatic carbocycles. The minimum absolute atomic E-state index is 0.703. The van der Waals surface area contributed by atoms with E-state index in [4.69, 9.17) is 4.42 Å². The fraction of sp³-hybridized carbons (Fsp3) is 0.294. The number of aromatic nitrogens is 2. The van der Waals surface area contributed by atoms with Crippen molar-refractivity contribution in [1.82, 2.24) is 4.98 Å². The Kier molecular flexibility index (Phi) is 2.85. The van der Waals surface area contributed by atoms with Crippen molar-refractivity contribution in [2.75, 3.05) is 0 Å². The van der Waals surface area contributed by atoms with E-state index in [1.165, 1.54) is 22.3 Å². The zero-order valence-corrected chi connectivity index (χ0v) is 12.6. The van der Waals surface area contributed by atoms with Crippen LogP contribution in [0.1, 0.15) is 22.6 Å². The first-order valence-electron chi connectivity index (χ1n) is 6.81. The third-order valence-electron chi connectivity index (χ3n) is 3.85. The number of benzene rings is 1. The molecule has 20 heavy (non-hydrogen) atoms. The molecule has 0 aliphatic rings. The zero-order valence-electron chi connectivity index (χ0n) is 12.6. The number of nitrogens with zero attached hydrogens (tertiary/aromatic N) is 2. The fourth-order valence-corrected chi connectivity index (χ4v) is 2.75. The number of rotatable bonds is 1. The van der Waals surface area contributed by atoms with E-state index < -0.39 is 0 Å². The van der Waals surface area contributed by atoms with Gasteiger partial charge in [-0.1, -0.05) is 11.6 Å². The molecular formula is C17H19N2O+. The van der Waals surface area contributed by atoms with E-state index in [9.17, 15) is 0 Å². The number of hydrogen-bond donors (Lipinski definition) is 0. The normalized spacial score (nSPS) is 11.2. The van der Waals surface area contributed by atoms with Crippen molar-refractivity contribution >= 4 is 11.1 Å². The standard InChI is InChI=1S/C17H19N2O/c1-10-8-11(2)12(3)14(9-10)17-16-15(6-7-19(17)5)20-13(4)18-16/h6-9H,1-5H3/q+1. The zero-order chi connectivity index (χ0) is 14.4. The summed E-state index contributed by atoms with van der Waals surface area (Å²) in [6, 6.07) is 6.41. The largest absolute Gasteiger partial charge is 0.440 e. The fourth-order valence-electron chi connectivity index (χ4n) is 2.75. The molecule has 102 valence electrons. The predicted octanol–water partition coefficient (Wildman–Crippen LogP) is 3.55. The molecule has 0 radical (unpaired) electrons. The molecule has 0 fully saturated rings. The molecule has 0 amide bonds. The minimum Gasteiger partial charge on any atom is -0.440 e. The van der Waals surface area contributed by atoms with Gasteiger partial charge in [-0.2, -0.15) is 4.57 Å². The van der Waals surface area contributed by atoms with Crippen molar-refractivity contribution in [2.24, 2.45) is 7.05 Å². The van der Waals surface area contributed by atoms with Gasteiger partial charge in [0.1, 0.15) is 7.05 Å². The van der Waals surface area contributed by atoms with Gasteiger partial charge in [0.15, 0.2) is 23.2 Å². The second kappa shape index (κ2) is 4.44. The van der Waals surface area contributed by atoms with Crippen molar-refractivity contribution in [1.29, 1.82) is 0 Å². The maximum atomic E-state index is 5.66. The quantitative estimate of drug-likeness (QED) is 0.631. The van der Waals surface area contributed by atoms with Gasteiger partial charge in [0, 0.05) is 13.0 Å². The van der Waals surface area contributed by atoms with Crippen molar-refractivity contribution < 1.29 is 8.98 Å². The van der Waals surface area contributed by atoms with Crippen LogP contribution in [0.25, 0.3) is 22.4 Å². The van der Waals surface area contributed by atoms with Crippen LogP contribution < -0.4 is 4.57 Å². The molecular weight excluding hydrogens is 248 g/mol. The highest BCUT2D eigenvalue weighted by molar-refractivity contribution is 5.87. The molecule has 0 spiro atoms. The van der Waals surface area contributed by atoms with Gasteiger partial charge in [-0.05, 0) is 38.0 Å². The Hall–Kier alpha value is -2.16. The molecule has 0 saturated carbocycles. The average Bonchev–Trinajstić information content (AvgIpc) is 2.74. The lowest BCUT2D eigenvalue weighted by Crippen LogP contribution is -2.30. The summed E-state index contributed by atoms with van der Waals surface area (Å²) in [4.78, 5) is 4.56. The summed E-state index contributed by atoms with van der Waals surface area (Å²) < 4.78 is 7.78. The van der Waals surface area contributed by atoms with Crippen LogP contribution in [0.3, 0.4) is 0 Å². The maximum Gasteiger partial charge on any atom is 0.242 e. The molecule has 0 saturated heterocycles. The topological polar surface area (TPSA) is 29.9 Å². The molecule has 0 aliphatic heterocycles. The molecule has 3 heteroatoms. The van der Waals surface area contributed by atoms with Crippen molar-refractivity contribution in [2.45, 2.75) is 27.7 Å². The molecule has 2 aromatic heterocycles. The lowest BCUT2D eigenvalue weighted by molar-refractivity contribution is -0.659. The third kappa shape index (κ3) is 1.90. The van der Waals surface area contributed by atoms with E-state index in [1.54, 1.807) is 0 Å². The summed E-state index contributed by atoms with van der Waals surface area (Å²) in [7, 11) is 2.05. The van der Waals surface area contributed by atoms with Gasteiger partial charge in [-0.3, -0.25) is 0 Å². The second-order valence-electron chi connectivity index (χ2n) is 5.48. The number of hydrogen-bond acceptors (Lipinski definition) is 2. The van der Waals surface area contributed by atoms with Crippen LogP contribution in [0.5, 0.6) is 0 Å². The van der Waals surface area contributed by atoms with E-state index in [0.29, 0.717) is 5.89 Å². The van der Waals surface area contributed by atoms with E-state index >= 15 is 0 Å². The maximum absolute atomic E-state index is 5.66. The van der Waals surface area contributed by atoms with Crippen LogP contribution in [0.4, 0.5) is 0 Å². The van der Waals surface area contributed by atoms with E-state index in [-0.39, 0.29) is 0 Å². The summed E-state index contributed by atoms with van der Waals surface area (Å²) in [6.07, 6.45) is 2.03. The highest BCUT2D eigenvalue weighted by Gasteiger charge is 2.21. The summed E-state index contributed by atoms with van der Waals surface area (Å²) in [6.45, 7) is 8.33. The van der Waals surface area contributed by atoms with E-state index in [0.717, 1.165) is 16.8 Å². The number of pyridine rings is 1. The lowest BCUT2D eigenvalue weighted by atomic mass is 9.97. The van der Waals surface area contributed by atoms with Crippen molar-refractivity contribution in [3.8, 4) is 11.3 Å². The first kappa shape index (κ1) is 12.9. The summed E-state index contributed by atoms with van der Waals surface area (Å²) in [5, 5.41) is 0. The highest BCUT2D eigenvalue weighted by Crippen LogP contribution is 2.30. The molecule has 0 aliphatic carbocycles. The van der Waals surface area contributed by atoms with Crippen molar-refractivity contribution in [3.05, 3.63) is 47.0 Å². The molecule has 3 nitrogen and oxygen atoms in total. The average molecular weight is 267 g/mol. The molecule has 0 bridgehead atoms. The monoisotopic (exact) mass is 267 g/mol. The minimum atomic E-state index is 0.703. The summed E-state index contributed by atoms with van der Waals surface area (Å²) in [5.74, 6) is 0.703. The predicted molar refractivity (Wildman–Crippen MR) is 79.6 cm³/mol. The third-order valence-corrected chi connectivity index (χ3v) is 3.85. The van der Waals surface area contributed by atoms with E-state index in [1.807, 2.05) is 19.2 Å². The molecule has 0 N–H and O–H groups in total. The van der Waals surface area contributed by atoms with Gasteiger partial charge in [0.05, 0.1) is 5.56 Å². The number of fused-ring (bicyclic) bond motifs is 1. The first-order chi connectivity index (χ1) is 9.47. The van der Waals surface area contributed by atoms with Gasteiger partial charge < -0.3 is 4.42 Å². The van der Waals surface area contributed by atoms with Gasteiger partial charge in [-0.15, -0.1) is 0 Å². The van der Waals surface area contributed by atoms with Gasteiger partial charge in [0.2, 0.25) is 5.69 Å². The van der Waals surface area contributed by atoms with Crippen LogP contribution in [-0.4, -0.2) is 4.98 Å². The molecule has 3 aromatic rings. The van der Waals surface area contributed by atoms with Crippen molar-refractivity contribution in [3.63, 3.8) is 0 Å². The Morgan fingerprint density at radius 1 is 1.10 bits per heavy atom. The van der Waals surface area contributed by atoms with Crippen LogP contribution in [0.2, 0.25) is 0 Å². The van der Waals surface area contributed by atoms with Crippen LogP contribution >= 0.6 is 0 Å². The molecule has 0 atom stereocenters. The van der Waals surface area contributed by atoms with Crippen LogP contribution in [0, 0.1) is 27.7 Å². The van der Waals surface area contributed by atoms with Gasteiger partial charge in [-0.25, -0.2) is 4.98 Å². The Morgan fingerprint density at radius 2 is 1.85 bits per heavy atom. The van der Waals surface area contributed by atoms with Gasteiger partial charge in [0.25, 0.3) is 0 Å². The SMILES string of the molecule is Cc1cc(C)c(C)c(-c2c3nc(C)oc3cc[n+]2C)c1. The van der Waals surface area contributed by atoms with Crippen LogP contribution in [0.15, 0.2) is 28.8 Å². The summed E-state index contributed by atoms with van der Waals surface area (Å²) in [5.41, 5.74) is 7.97. The lowest BCUT2D eigenvalue weighted by Gasteiger charge is -2.09. The molecule has 2 heterocycles. The van der Waals surface area contributed by atoms with Gasteiger partial charge >= 0.3 is 0 Å².